The van der Waals surface area contributed by atoms with Crippen LogP contribution in [0.15, 0.2) is 10.8 Å². The van der Waals surface area contributed by atoms with Crippen molar-refractivity contribution in [2.45, 2.75) is 44.8 Å². The van der Waals surface area contributed by atoms with Crippen LogP contribution in [0.5, 0.6) is 0 Å². The zero-order valence-electron chi connectivity index (χ0n) is 9.91. The Morgan fingerprint density at radius 3 is 3.12 bits per heavy atom. The zero-order valence-corrected chi connectivity index (χ0v) is 10.7. The molecule has 0 aromatic carbocycles. The summed E-state index contributed by atoms with van der Waals surface area (Å²) in [4.78, 5) is 2.66. The lowest BCUT2D eigenvalue weighted by Gasteiger charge is -2.21. The van der Waals surface area contributed by atoms with Crippen LogP contribution in [0.4, 0.5) is 0 Å². The van der Waals surface area contributed by atoms with Crippen molar-refractivity contribution in [1.82, 2.24) is 10.2 Å². The fourth-order valence-electron chi connectivity index (χ4n) is 3.13. The lowest BCUT2D eigenvalue weighted by atomic mass is 10.1. The fraction of sp³-hybridized carbons (Fsp3) is 0.692. The molecule has 1 aromatic heterocycles. The normalized spacial score (nSPS) is 29.8. The van der Waals surface area contributed by atoms with Crippen molar-refractivity contribution in [3.63, 3.8) is 0 Å². The van der Waals surface area contributed by atoms with E-state index < -0.39 is 0 Å². The number of aryl methyl sites for hydroxylation is 1. The third kappa shape index (κ3) is 1.92. The summed E-state index contributed by atoms with van der Waals surface area (Å²) in [6.07, 6.45) is 4.15. The van der Waals surface area contributed by atoms with Crippen LogP contribution in [0.3, 0.4) is 0 Å². The van der Waals surface area contributed by atoms with Gasteiger partial charge in [-0.05, 0) is 54.6 Å². The maximum absolute atomic E-state index is 3.76. The second kappa shape index (κ2) is 4.47. The summed E-state index contributed by atoms with van der Waals surface area (Å²) < 4.78 is 0. The Morgan fingerprint density at radius 1 is 1.38 bits per heavy atom. The standard InChI is InChI=1S/C13H20N2S/c1-10-8-16-9-11(10)7-14-12-4-6-15-5-2-3-13(12)15/h8-9,12-14H,2-7H2,1H3. The lowest BCUT2D eigenvalue weighted by Crippen LogP contribution is -2.38. The molecule has 0 radical (unpaired) electrons. The average molecular weight is 236 g/mol. The van der Waals surface area contributed by atoms with E-state index in [0.29, 0.717) is 0 Å². The number of rotatable bonds is 3. The number of hydrogen-bond donors (Lipinski definition) is 1. The van der Waals surface area contributed by atoms with Crippen molar-refractivity contribution in [1.29, 1.82) is 0 Å². The van der Waals surface area contributed by atoms with E-state index in [-0.39, 0.29) is 0 Å². The Labute approximate surface area is 102 Å². The second-order valence-electron chi connectivity index (χ2n) is 5.10. The van der Waals surface area contributed by atoms with Gasteiger partial charge in [0, 0.05) is 25.2 Å². The second-order valence-corrected chi connectivity index (χ2v) is 5.85. The molecule has 1 N–H and O–H groups in total. The van der Waals surface area contributed by atoms with Crippen molar-refractivity contribution in [2.24, 2.45) is 0 Å². The van der Waals surface area contributed by atoms with Gasteiger partial charge in [-0.15, -0.1) is 0 Å². The third-order valence-electron chi connectivity index (χ3n) is 4.12. The average Bonchev–Trinajstić information content (AvgIpc) is 2.92. The van der Waals surface area contributed by atoms with Gasteiger partial charge in [0.2, 0.25) is 0 Å². The Bertz CT molecular complexity index is 361. The van der Waals surface area contributed by atoms with Crippen LogP contribution in [-0.4, -0.2) is 30.1 Å². The van der Waals surface area contributed by atoms with Crippen LogP contribution >= 0.6 is 11.3 Å². The predicted molar refractivity (Wildman–Crippen MR) is 68.9 cm³/mol. The number of thiophene rings is 1. The van der Waals surface area contributed by atoms with Crippen molar-refractivity contribution < 1.29 is 0 Å². The molecular formula is C13H20N2S. The molecule has 0 saturated carbocycles. The molecule has 0 aliphatic carbocycles. The summed E-state index contributed by atoms with van der Waals surface area (Å²) in [5, 5.41) is 8.29. The van der Waals surface area contributed by atoms with E-state index in [2.05, 4.69) is 27.9 Å². The molecule has 2 aliphatic rings. The van der Waals surface area contributed by atoms with E-state index in [1.54, 1.807) is 0 Å². The molecule has 0 bridgehead atoms. The van der Waals surface area contributed by atoms with Gasteiger partial charge in [0.1, 0.15) is 0 Å². The van der Waals surface area contributed by atoms with Gasteiger partial charge in [-0.25, -0.2) is 0 Å². The highest BCUT2D eigenvalue weighted by Gasteiger charge is 2.36. The summed E-state index contributed by atoms with van der Waals surface area (Å²) in [6.45, 7) is 5.92. The first-order valence-electron chi connectivity index (χ1n) is 6.34. The summed E-state index contributed by atoms with van der Waals surface area (Å²) in [7, 11) is 0. The molecule has 2 atom stereocenters. The quantitative estimate of drug-likeness (QED) is 0.867. The Hall–Kier alpha value is -0.380. The van der Waals surface area contributed by atoms with Crippen molar-refractivity contribution in [3.05, 3.63) is 21.9 Å². The SMILES string of the molecule is Cc1cscc1CNC1CCN2CCCC12. The fourth-order valence-corrected chi connectivity index (χ4v) is 3.99. The molecule has 3 heterocycles. The highest BCUT2D eigenvalue weighted by molar-refractivity contribution is 7.08. The molecule has 2 fully saturated rings. The van der Waals surface area contributed by atoms with Gasteiger partial charge in [0.05, 0.1) is 0 Å². The molecule has 3 rings (SSSR count). The largest absolute Gasteiger partial charge is 0.308 e. The van der Waals surface area contributed by atoms with Gasteiger partial charge in [-0.2, -0.15) is 11.3 Å². The third-order valence-corrected chi connectivity index (χ3v) is 5.03. The van der Waals surface area contributed by atoms with Crippen molar-refractivity contribution in [3.8, 4) is 0 Å². The molecule has 0 spiro atoms. The summed E-state index contributed by atoms with van der Waals surface area (Å²) in [5.41, 5.74) is 2.93. The lowest BCUT2D eigenvalue weighted by molar-refractivity contribution is 0.298. The zero-order chi connectivity index (χ0) is 11.0. The Kier molecular flexibility index (Phi) is 3.01. The Balaban J connectivity index is 1.58. The van der Waals surface area contributed by atoms with E-state index in [1.807, 2.05) is 11.3 Å². The Morgan fingerprint density at radius 2 is 2.31 bits per heavy atom. The van der Waals surface area contributed by atoms with Gasteiger partial charge in [0.15, 0.2) is 0 Å². The molecule has 16 heavy (non-hydrogen) atoms. The molecular weight excluding hydrogens is 216 g/mol. The molecule has 0 amide bonds. The van der Waals surface area contributed by atoms with Gasteiger partial charge >= 0.3 is 0 Å². The van der Waals surface area contributed by atoms with Gasteiger partial charge in [-0.1, -0.05) is 0 Å². The first-order valence-corrected chi connectivity index (χ1v) is 7.28. The predicted octanol–water partition coefficient (Wildman–Crippen LogP) is 2.38. The van der Waals surface area contributed by atoms with Gasteiger partial charge in [0.25, 0.3) is 0 Å². The minimum Gasteiger partial charge on any atom is -0.308 e. The monoisotopic (exact) mass is 236 g/mol. The first kappa shape index (κ1) is 10.8. The van der Waals surface area contributed by atoms with Crippen molar-refractivity contribution in [2.75, 3.05) is 13.1 Å². The van der Waals surface area contributed by atoms with E-state index in [9.17, 15) is 0 Å². The molecule has 88 valence electrons. The first-order chi connectivity index (χ1) is 7.84. The van der Waals surface area contributed by atoms with E-state index in [4.69, 9.17) is 0 Å². The topological polar surface area (TPSA) is 15.3 Å². The van der Waals surface area contributed by atoms with Gasteiger partial charge < -0.3 is 5.32 Å². The maximum Gasteiger partial charge on any atom is 0.0250 e. The van der Waals surface area contributed by atoms with Gasteiger partial charge in [-0.3, -0.25) is 4.90 Å². The van der Waals surface area contributed by atoms with Crippen LogP contribution in [0.1, 0.15) is 30.4 Å². The number of nitrogens with zero attached hydrogens (tertiary/aromatic N) is 1. The smallest absolute Gasteiger partial charge is 0.0250 e. The summed E-state index contributed by atoms with van der Waals surface area (Å²) in [5.74, 6) is 0. The summed E-state index contributed by atoms with van der Waals surface area (Å²) >= 11 is 1.82. The highest BCUT2D eigenvalue weighted by Crippen LogP contribution is 2.28. The van der Waals surface area contributed by atoms with Crippen LogP contribution in [0.2, 0.25) is 0 Å². The molecule has 2 saturated heterocycles. The molecule has 2 aliphatic heterocycles. The number of nitrogens with one attached hydrogen (secondary N) is 1. The molecule has 2 nitrogen and oxygen atoms in total. The van der Waals surface area contributed by atoms with Crippen molar-refractivity contribution >= 4 is 11.3 Å². The molecule has 3 heteroatoms. The minimum atomic E-state index is 0.738. The minimum absolute atomic E-state index is 0.738. The van der Waals surface area contributed by atoms with Crippen LogP contribution in [0, 0.1) is 6.92 Å². The molecule has 2 unspecified atom stereocenters. The number of fused-ring (bicyclic) bond motifs is 1. The number of hydrogen-bond acceptors (Lipinski definition) is 3. The molecule has 1 aromatic rings. The van der Waals surface area contributed by atoms with E-state index in [0.717, 1.165) is 18.6 Å². The van der Waals surface area contributed by atoms with Crippen LogP contribution in [0.25, 0.3) is 0 Å². The van der Waals surface area contributed by atoms with Crippen LogP contribution in [-0.2, 0) is 6.54 Å². The van der Waals surface area contributed by atoms with Crippen LogP contribution < -0.4 is 5.32 Å². The summed E-state index contributed by atoms with van der Waals surface area (Å²) in [6, 6.07) is 1.57. The maximum atomic E-state index is 3.76. The van der Waals surface area contributed by atoms with E-state index >= 15 is 0 Å². The van der Waals surface area contributed by atoms with E-state index in [1.165, 1.54) is 43.5 Å². The highest BCUT2D eigenvalue weighted by atomic mass is 32.1.